The zero-order valence-electron chi connectivity index (χ0n) is 17.1. The fourth-order valence-electron chi connectivity index (χ4n) is 3.71. The molecule has 0 aliphatic carbocycles. The van der Waals surface area contributed by atoms with Gasteiger partial charge in [-0.05, 0) is 60.5 Å². The fourth-order valence-corrected chi connectivity index (χ4v) is 6.48. The smallest absolute Gasteiger partial charge is 0.257 e. The number of anilines is 1. The summed E-state index contributed by atoms with van der Waals surface area (Å²) in [5, 5.41) is 12.1. The van der Waals surface area contributed by atoms with Crippen LogP contribution in [0.15, 0.2) is 51.9 Å². The van der Waals surface area contributed by atoms with Gasteiger partial charge in [-0.3, -0.25) is 9.20 Å². The van der Waals surface area contributed by atoms with E-state index in [2.05, 4.69) is 19.9 Å². The first kappa shape index (κ1) is 21.3. The van der Waals surface area contributed by atoms with Gasteiger partial charge in [0, 0.05) is 23.2 Å². The number of carbonyl (C=O) groups is 1. The van der Waals surface area contributed by atoms with Gasteiger partial charge in [0.2, 0.25) is 0 Å². The van der Waals surface area contributed by atoms with Crippen LogP contribution in [0.1, 0.15) is 28.6 Å². The standard InChI is InChI=1S/C20H20N6O3S3/c1-30-10-7-14(18-23-22-17-4-2-3-8-26(17)18)21-19(27)13-5-6-15-16(12-13)31-20-24-32(28,29)11-9-25(15)20/h2-6,8,12,14H,7,9-11H2,1H3,(H,21,27). The Morgan fingerprint density at radius 2 is 2.16 bits per heavy atom. The number of amidine groups is 1. The highest BCUT2D eigenvalue weighted by Crippen LogP contribution is 2.42. The third-order valence-electron chi connectivity index (χ3n) is 5.30. The molecular weight excluding hydrogens is 468 g/mol. The van der Waals surface area contributed by atoms with Gasteiger partial charge in [-0.25, -0.2) is 8.42 Å². The molecule has 0 bridgehead atoms. The fraction of sp³-hybridized carbons (Fsp3) is 0.300. The molecule has 2 aliphatic heterocycles. The molecule has 5 rings (SSSR count). The van der Waals surface area contributed by atoms with E-state index in [1.165, 1.54) is 11.8 Å². The van der Waals surface area contributed by atoms with Crippen molar-refractivity contribution in [2.45, 2.75) is 17.4 Å². The van der Waals surface area contributed by atoms with Crippen molar-refractivity contribution in [2.24, 2.45) is 4.40 Å². The minimum absolute atomic E-state index is 0.0117. The number of nitrogens with zero attached hydrogens (tertiary/aromatic N) is 5. The van der Waals surface area contributed by atoms with E-state index >= 15 is 0 Å². The highest BCUT2D eigenvalue weighted by Gasteiger charge is 2.33. The quantitative estimate of drug-likeness (QED) is 0.564. The number of benzene rings is 1. The Kier molecular flexibility index (Phi) is 5.59. The zero-order valence-corrected chi connectivity index (χ0v) is 19.6. The SMILES string of the molecule is CSCCC(NC(=O)c1ccc2c(c1)SC1=NS(=O)(=O)CCN12)c1nnc2ccccn12. The molecule has 0 saturated carbocycles. The first-order valence-electron chi connectivity index (χ1n) is 9.97. The number of nitrogens with one attached hydrogen (secondary N) is 1. The Morgan fingerprint density at radius 1 is 1.28 bits per heavy atom. The molecule has 12 heteroatoms. The highest BCUT2D eigenvalue weighted by molar-refractivity contribution is 8.15. The first-order chi connectivity index (χ1) is 15.4. The van der Waals surface area contributed by atoms with Crippen molar-refractivity contribution in [3.63, 3.8) is 0 Å². The maximum atomic E-state index is 13.1. The molecule has 1 N–H and O–H groups in total. The number of amides is 1. The van der Waals surface area contributed by atoms with Crippen molar-refractivity contribution in [1.82, 2.24) is 19.9 Å². The molecule has 1 unspecified atom stereocenters. The van der Waals surface area contributed by atoms with Crippen molar-refractivity contribution < 1.29 is 13.2 Å². The Bertz CT molecular complexity index is 1340. The second kappa shape index (κ2) is 8.41. The van der Waals surface area contributed by atoms with Crippen LogP contribution >= 0.6 is 23.5 Å². The molecule has 3 aromatic rings. The molecule has 0 radical (unpaired) electrons. The van der Waals surface area contributed by atoms with Crippen molar-refractivity contribution in [1.29, 1.82) is 0 Å². The highest BCUT2D eigenvalue weighted by atomic mass is 32.2. The second-order valence-corrected chi connectivity index (χ2v) is 11.1. The second-order valence-electron chi connectivity index (χ2n) is 7.39. The number of sulfonamides is 1. The lowest BCUT2D eigenvalue weighted by atomic mass is 10.1. The van der Waals surface area contributed by atoms with E-state index in [-0.39, 0.29) is 17.7 Å². The summed E-state index contributed by atoms with van der Waals surface area (Å²) >= 11 is 2.98. The van der Waals surface area contributed by atoms with Gasteiger partial charge < -0.3 is 10.2 Å². The van der Waals surface area contributed by atoms with Gasteiger partial charge in [0.25, 0.3) is 15.9 Å². The summed E-state index contributed by atoms with van der Waals surface area (Å²) in [4.78, 5) is 15.8. The summed E-state index contributed by atoms with van der Waals surface area (Å²) in [6.07, 6.45) is 4.63. The van der Waals surface area contributed by atoms with Gasteiger partial charge in [0.1, 0.15) is 0 Å². The minimum Gasteiger partial charge on any atom is -0.342 e. The van der Waals surface area contributed by atoms with E-state index in [0.717, 1.165) is 22.0 Å². The van der Waals surface area contributed by atoms with Crippen LogP contribution in [0, 0.1) is 0 Å². The molecule has 0 fully saturated rings. The predicted molar refractivity (Wildman–Crippen MR) is 127 cm³/mol. The van der Waals surface area contributed by atoms with E-state index in [1.54, 1.807) is 23.9 Å². The number of hydrogen-bond donors (Lipinski definition) is 1. The summed E-state index contributed by atoms with van der Waals surface area (Å²) in [7, 11) is -3.42. The van der Waals surface area contributed by atoms with Gasteiger partial charge in [-0.1, -0.05) is 6.07 Å². The molecular formula is C20H20N6O3S3. The van der Waals surface area contributed by atoms with Crippen LogP contribution in [0.25, 0.3) is 5.65 Å². The van der Waals surface area contributed by atoms with Gasteiger partial charge in [-0.2, -0.15) is 11.8 Å². The number of hydrogen-bond acceptors (Lipinski definition) is 8. The summed E-state index contributed by atoms with van der Waals surface area (Å²) in [6.45, 7) is 0.365. The molecule has 32 heavy (non-hydrogen) atoms. The third-order valence-corrected chi connectivity index (χ3v) is 8.25. The largest absolute Gasteiger partial charge is 0.342 e. The van der Waals surface area contributed by atoms with E-state index in [9.17, 15) is 13.2 Å². The van der Waals surface area contributed by atoms with Crippen molar-refractivity contribution in [3.8, 4) is 0 Å². The first-order valence-corrected chi connectivity index (χ1v) is 13.8. The summed E-state index contributed by atoms with van der Waals surface area (Å²) in [5.41, 5.74) is 2.11. The molecule has 1 amide bonds. The molecule has 9 nitrogen and oxygen atoms in total. The van der Waals surface area contributed by atoms with Crippen LogP contribution in [0.4, 0.5) is 5.69 Å². The molecule has 166 valence electrons. The van der Waals surface area contributed by atoms with Gasteiger partial charge in [0.05, 0.1) is 17.5 Å². The molecule has 2 aliphatic rings. The lowest BCUT2D eigenvalue weighted by Gasteiger charge is -2.22. The van der Waals surface area contributed by atoms with E-state index in [4.69, 9.17) is 0 Å². The van der Waals surface area contributed by atoms with E-state index in [1.807, 2.05) is 46.0 Å². The van der Waals surface area contributed by atoms with Crippen LogP contribution in [-0.4, -0.2) is 58.4 Å². The maximum absolute atomic E-state index is 13.1. The van der Waals surface area contributed by atoms with Crippen LogP contribution in [0.3, 0.4) is 0 Å². The topological polar surface area (TPSA) is 109 Å². The normalized spacial score (nSPS) is 17.5. The van der Waals surface area contributed by atoms with Gasteiger partial charge in [0.15, 0.2) is 16.6 Å². The molecule has 0 saturated heterocycles. The molecule has 1 atom stereocenters. The summed E-state index contributed by atoms with van der Waals surface area (Å²) < 4.78 is 29.4. The van der Waals surface area contributed by atoms with Gasteiger partial charge >= 0.3 is 0 Å². The summed E-state index contributed by atoms with van der Waals surface area (Å²) in [6, 6.07) is 10.8. The Morgan fingerprint density at radius 3 is 3.00 bits per heavy atom. The third kappa shape index (κ3) is 3.97. The number of carbonyl (C=O) groups excluding carboxylic acids is 1. The van der Waals surface area contributed by atoms with Crippen LogP contribution in [-0.2, 0) is 10.0 Å². The minimum atomic E-state index is -3.42. The average molecular weight is 489 g/mol. The average Bonchev–Trinajstić information content (AvgIpc) is 3.35. The molecule has 0 spiro atoms. The summed E-state index contributed by atoms with van der Waals surface area (Å²) in [5.74, 6) is 1.32. The number of aromatic nitrogens is 3. The maximum Gasteiger partial charge on any atom is 0.257 e. The Hall–Kier alpha value is -2.57. The van der Waals surface area contributed by atoms with Crippen molar-refractivity contribution in [3.05, 3.63) is 54.0 Å². The predicted octanol–water partition coefficient (Wildman–Crippen LogP) is 2.57. The molecule has 4 heterocycles. The van der Waals surface area contributed by atoms with Crippen molar-refractivity contribution in [2.75, 3.05) is 29.2 Å². The lowest BCUT2D eigenvalue weighted by Crippen LogP contribution is -2.35. The van der Waals surface area contributed by atoms with Gasteiger partial charge in [-0.15, -0.1) is 14.6 Å². The monoisotopic (exact) mass is 488 g/mol. The van der Waals surface area contributed by atoms with Crippen LogP contribution in [0.5, 0.6) is 0 Å². The van der Waals surface area contributed by atoms with Crippen LogP contribution in [0.2, 0.25) is 0 Å². The molecule has 1 aromatic carbocycles. The zero-order chi connectivity index (χ0) is 22.3. The number of fused-ring (bicyclic) bond motifs is 4. The number of pyridine rings is 1. The molecule has 2 aromatic heterocycles. The number of rotatable bonds is 6. The van der Waals surface area contributed by atoms with Crippen LogP contribution < -0.4 is 10.2 Å². The van der Waals surface area contributed by atoms with Crippen molar-refractivity contribution >= 4 is 56.0 Å². The van der Waals surface area contributed by atoms with E-state index in [0.29, 0.717) is 29.5 Å². The Balaban J connectivity index is 1.40. The lowest BCUT2D eigenvalue weighted by molar-refractivity contribution is 0.0933. The number of thioether (sulfide) groups is 2. The Labute approximate surface area is 193 Å². The van der Waals surface area contributed by atoms with E-state index < -0.39 is 10.0 Å².